The second kappa shape index (κ2) is 8.18. The Morgan fingerprint density at radius 3 is 2.59 bits per heavy atom. The predicted molar refractivity (Wildman–Crippen MR) is 109 cm³/mol. The monoisotopic (exact) mass is 383 g/mol. The molecule has 0 aliphatic carbocycles. The molecule has 0 fully saturated rings. The highest BCUT2D eigenvalue weighted by molar-refractivity contribution is 7.71. The number of anilines is 1. The quantitative estimate of drug-likeness (QED) is 0.634. The Morgan fingerprint density at radius 1 is 1.19 bits per heavy atom. The van der Waals surface area contributed by atoms with Crippen LogP contribution in [0, 0.1) is 4.77 Å². The van der Waals surface area contributed by atoms with Gasteiger partial charge in [0.1, 0.15) is 5.75 Å². The Kier molecular flexibility index (Phi) is 5.71. The number of para-hydroxylation sites is 1. The number of amides is 1. The van der Waals surface area contributed by atoms with E-state index in [0.29, 0.717) is 21.4 Å². The minimum atomic E-state index is -0.197. The maximum atomic E-state index is 12.6. The first kappa shape index (κ1) is 18.8. The van der Waals surface area contributed by atoms with Crippen molar-refractivity contribution in [2.45, 2.75) is 32.9 Å². The van der Waals surface area contributed by atoms with Crippen molar-refractivity contribution in [3.05, 3.63) is 63.7 Å². The number of aromatic nitrogens is 2. The van der Waals surface area contributed by atoms with Gasteiger partial charge in [-0.05, 0) is 62.5 Å². The van der Waals surface area contributed by atoms with Crippen LogP contribution in [0.15, 0.2) is 53.3 Å². The van der Waals surface area contributed by atoms with Crippen LogP contribution in [-0.4, -0.2) is 21.6 Å². The van der Waals surface area contributed by atoms with E-state index in [4.69, 9.17) is 17.0 Å². The van der Waals surface area contributed by atoms with Gasteiger partial charge in [-0.25, -0.2) is 0 Å². The van der Waals surface area contributed by atoms with Crippen molar-refractivity contribution >= 4 is 34.7 Å². The van der Waals surface area contributed by atoms with Gasteiger partial charge in [0, 0.05) is 18.7 Å². The lowest BCUT2D eigenvalue weighted by atomic mass is 10.2. The average Bonchev–Trinajstić information content (AvgIpc) is 2.63. The van der Waals surface area contributed by atoms with Crippen molar-refractivity contribution in [1.82, 2.24) is 9.55 Å². The van der Waals surface area contributed by atoms with Crippen LogP contribution in [0.25, 0.3) is 10.9 Å². The third-order valence-corrected chi connectivity index (χ3v) is 4.28. The summed E-state index contributed by atoms with van der Waals surface area (Å²) < 4.78 is 7.30. The largest absolute Gasteiger partial charge is 0.491 e. The molecular weight excluding hydrogens is 362 g/mol. The van der Waals surface area contributed by atoms with Crippen molar-refractivity contribution in [3.63, 3.8) is 0 Å². The zero-order chi connectivity index (χ0) is 19.4. The Labute approximate surface area is 161 Å². The summed E-state index contributed by atoms with van der Waals surface area (Å²) in [5.41, 5.74) is 1.17. The molecule has 0 aliphatic heterocycles. The molecule has 7 heteroatoms. The van der Waals surface area contributed by atoms with E-state index < -0.39 is 0 Å². The van der Waals surface area contributed by atoms with E-state index in [1.807, 2.05) is 19.9 Å². The highest BCUT2D eigenvalue weighted by Gasteiger charge is 2.08. The van der Waals surface area contributed by atoms with Crippen molar-refractivity contribution in [2.24, 2.45) is 0 Å². The van der Waals surface area contributed by atoms with E-state index in [-0.39, 0.29) is 30.5 Å². The van der Waals surface area contributed by atoms with Crippen LogP contribution in [0.5, 0.6) is 5.75 Å². The number of fused-ring (bicyclic) bond motifs is 1. The maximum Gasteiger partial charge on any atom is 0.262 e. The van der Waals surface area contributed by atoms with Gasteiger partial charge in [-0.1, -0.05) is 12.1 Å². The number of ether oxygens (including phenoxy) is 1. The minimum Gasteiger partial charge on any atom is -0.491 e. The minimum absolute atomic E-state index is 0.0927. The van der Waals surface area contributed by atoms with Gasteiger partial charge in [0.25, 0.3) is 5.56 Å². The lowest BCUT2D eigenvalue weighted by molar-refractivity contribution is -0.116. The fourth-order valence-corrected chi connectivity index (χ4v) is 3.01. The van der Waals surface area contributed by atoms with E-state index in [2.05, 4.69) is 10.3 Å². The molecule has 0 unspecified atom stereocenters. The summed E-state index contributed by atoms with van der Waals surface area (Å²) in [7, 11) is 0. The Morgan fingerprint density at radius 2 is 1.89 bits per heavy atom. The summed E-state index contributed by atoms with van der Waals surface area (Å²) in [6.07, 6.45) is 0.232. The molecule has 1 heterocycles. The zero-order valence-electron chi connectivity index (χ0n) is 15.2. The van der Waals surface area contributed by atoms with Gasteiger partial charge in [0.15, 0.2) is 4.77 Å². The van der Waals surface area contributed by atoms with Gasteiger partial charge in [-0.2, -0.15) is 0 Å². The molecule has 0 saturated heterocycles. The maximum absolute atomic E-state index is 12.6. The molecule has 0 atom stereocenters. The van der Waals surface area contributed by atoms with E-state index >= 15 is 0 Å². The second-order valence-electron chi connectivity index (χ2n) is 6.42. The highest BCUT2D eigenvalue weighted by atomic mass is 32.1. The lowest BCUT2D eigenvalue weighted by Gasteiger charge is -2.11. The number of carbonyl (C=O) groups is 1. The molecule has 1 amide bonds. The molecule has 2 N–H and O–H groups in total. The van der Waals surface area contributed by atoms with E-state index in [0.717, 1.165) is 5.75 Å². The summed E-state index contributed by atoms with van der Waals surface area (Å²) in [5.74, 6) is 0.555. The number of hydrogen-bond donors (Lipinski definition) is 2. The van der Waals surface area contributed by atoms with Crippen LogP contribution in [0.4, 0.5) is 5.69 Å². The fraction of sp³-hybridized carbons (Fsp3) is 0.250. The molecule has 0 spiro atoms. The third kappa shape index (κ3) is 4.62. The fourth-order valence-electron chi connectivity index (χ4n) is 2.73. The molecule has 3 aromatic rings. The first-order valence-corrected chi connectivity index (χ1v) is 9.13. The van der Waals surface area contributed by atoms with Crippen LogP contribution in [0.1, 0.15) is 20.3 Å². The van der Waals surface area contributed by atoms with Gasteiger partial charge in [0.2, 0.25) is 5.91 Å². The summed E-state index contributed by atoms with van der Waals surface area (Å²) in [5, 5.41) is 3.36. The molecule has 0 bridgehead atoms. The zero-order valence-corrected chi connectivity index (χ0v) is 16.0. The number of hydrogen-bond acceptors (Lipinski definition) is 4. The second-order valence-corrected chi connectivity index (χ2v) is 6.81. The summed E-state index contributed by atoms with van der Waals surface area (Å²) in [4.78, 5) is 27.8. The summed E-state index contributed by atoms with van der Waals surface area (Å²) in [6.45, 7) is 4.11. The number of H-pyrrole nitrogens is 1. The van der Waals surface area contributed by atoms with Gasteiger partial charge in [0.05, 0.1) is 17.0 Å². The summed E-state index contributed by atoms with van der Waals surface area (Å²) in [6, 6.07) is 14.3. The topological polar surface area (TPSA) is 76.1 Å². The molecular formula is C20H21N3O3S. The lowest BCUT2D eigenvalue weighted by Crippen LogP contribution is -2.25. The van der Waals surface area contributed by atoms with Crippen molar-refractivity contribution in [3.8, 4) is 5.75 Å². The number of carbonyl (C=O) groups excluding carboxylic acids is 1. The van der Waals surface area contributed by atoms with Crippen molar-refractivity contribution < 1.29 is 9.53 Å². The molecule has 1 aromatic heterocycles. The average molecular weight is 383 g/mol. The van der Waals surface area contributed by atoms with E-state index in [1.54, 1.807) is 42.5 Å². The van der Waals surface area contributed by atoms with Crippen LogP contribution < -0.4 is 15.6 Å². The number of nitrogens with zero attached hydrogens (tertiary/aromatic N) is 1. The van der Waals surface area contributed by atoms with Crippen molar-refractivity contribution in [1.29, 1.82) is 0 Å². The highest BCUT2D eigenvalue weighted by Crippen LogP contribution is 2.17. The normalized spacial score (nSPS) is 10.9. The molecule has 6 nitrogen and oxygen atoms in total. The molecule has 2 aromatic carbocycles. The predicted octanol–water partition coefficient (Wildman–Crippen LogP) is 3.88. The van der Waals surface area contributed by atoms with Gasteiger partial charge in [-0.15, -0.1) is 0 Å². The number of rotatable bonds is 6. The third-order valence-electron chi connectivity index (χ3n) is 3.96. The Hall–Kier alpha value is -2.93. The smallest absolute Gasteiger partial charge is 0.262 e. The number of nitrogens with one attached hydrogen (secondary N) is 2. The van der Waals surface area contributed by atoms with Crippen LogP contribution in [0.3, 0.4) is 0 Å². The van der Waals surface area contributed by atoms with Crippen LogP contribution >= 0.6 is 12.2 Å². The Bertz CT molecular complexity index is 1070. The van der Waals surface area contributed by atoms with E-state index in [1.165, 1.54) is 4.57 Å². The first-order chi connectivity index (χ1) is 12.9. The van der Waals surface area contributed by atoms with Gasteiger partial charge < -0.3 is 15.0 Å². The molecule has 0 radical (unpaired) electrons. The molecule has 3 rings (SSSR count). The molecule has 0 saturated carbocycles. The van der Waals surface area contributed by atoms with Crippen molar-refractivity contribution in [2.75, 3.05) is 5.32 Å². The van der Waals surface area contributed by atoms with Crippen LogP contribution in [-0.2, 0) is 11.3 Å². The first-order valence-electron chi connectivity index (χ1n) is 8.72. The SMILES string of the molecule is CC(C)Oc1ccc(NC(=O)CCn2c(=S)[nH]c3ccccc3c2=O)cc1. The van der Waals surface area contributed by atoms with E-state index in [9.17, 15) is 9.59 Å². The number of benzene rings is 2. The molecule has 27 heavy (non-hydrogen) atoms. The standard InChI is InChI=1S/C20H21N3O3S/c1-13(2)26-15-9-7-14(8-10-15)21-18(24)11-12-23-19(25)16-5-3-4-6-17(16)22-20(23)27/h3-10,13H,11-12H2,1-2H3,(H,21,24)(H,22,27). The molecule has 140 valence electrons. The Balaban J connectivity index is 1.67. The van der Waals surface area contributed by atoms with Gasteiger partial charge in [-0.3, -0.25) is 14.2 Å². The molecule has 0 aliphatic rings. The number of aromatic amines is 1. The van der Waals surface area contributed by atoms with Crippen LogP contribution in [0.2, 0.25) is 0 Å². The van der Waals surface area contributed by atoms with Gasteiger partial charge >= 0.3 is 0 Å². The summed E-state index contributed by atoms with van der Waals surface area (Å²) >= 11 is 5.26.